The van der Waals surface area contributed by atoms with E-state index in [1.54, 1.807) is 4.68 Å². The van der Waals surface area contributed by atoms with Crippen LogP contribution in [-0.2, 0) is 13.6 Å². The van der Waals surface area contributed by atoms with Crippen molar-refractivity contribution in [2.24, 2.45) is 12.8 Å². The van der Waals surface area contributed by atoms with Crippen LogP contribution in [0.5, 0.6) is 0 Å². The number of rotatable bonds is 4. The summed E-state index contributed by atoms with van der Waals surface area (Å²) in [7, 11) is 1.95. The number of fused-ring (bicyclic) bond motifs is 1. The topological polar surface area (TPSA) is 74.6 Å². The SMILES string of the molecule is CCC(N)c1cn(Cc2nn(C)c3ccccc23)nn1. The summed E-state index contributed by atoms with van der Waals surface area (Å²) in [4.78, 5) is 0. The average molecular weight is 270 g/mol. The van der Waals surface area contributed by atoms with Crippen molar-refractivity contribution in [3.63, 3.8) is 0 Å². The lowest BCUT2D eigenvalue weighted by atomic mass is 10.2. The third-order valence-corrected chi connectivity index (χ3v) is 3.52. The van der Waals surface area contributed by atoms with Crippen molar-refractivity contribution < 1.29 is 0 Å². The van der Waals surface area contributed by atoms with Gasteiger partial charge in [0.1, 0.15) is 0 Å². The smallest absolute Gasteiger partial charge is 0.0994 e. The highest BCUT2D eigenvalue weighted by molar-refractivity contribution is 5.81. The Hall–Kier alpha value is -2.21. The number of nitrogens with zero attached hydrogens (tertiary/aromatic N) is 5. The molecule has 1 aromatic carbocycles. The maximum Gasteiger partial charge on any atom is 0.0994 e. The third-order valence-electron chi connectivity index (χ3n) is 3.52. The van der Waals surface area contributed by atoms with Gasteiger partial charge in [-0.3, -0.25) is 4.68 Å². The molecule has 1 atom stereocenters. The third kappa shape index (κ3) is 2.18. The second-order valence-electron chi connectivity index (χ2n) is 4.94. The Morgan fingerprint density at radius 2 is 2.10 bits per heavy atom. The number of aryl methyl sites for hydroxylation is 1. The van der Waals surface area contributed by atoms with Gasteiger partial charge in [0.15, 0.2) is 0 Å². The zero-order chi connectivity index (χ0) is 14.1. The largest absolute Gasteiger partial charge is 0.323 e. The second kappa shape index (κ2) is 5.05. The van der Waals surface area contributed by atoms with Crippen LogP contribution in [0.2, 0.25) is 0 Å². The van der Waals surface area contributed by atoms with Crippen molar-refractivity contribution in [1.82, 2.24) is 24.8 Å². The Labute approximate surface area is 117 Å². The summed E-state index contributed by atoms with van der Waals surface area (Å²) in [6, 6.07) is 8.12. The van der Waals surface area contributed by atoms with Gasteiger partial charge >= 0.3 is 0 Å². The maximum absolute atomic E-state index is 5.96. The van der Waals surface area contributed by atoms with Gasteiger partial charge in [-0.05, 0) is 12.5 Å². The van der Waals surface area contributed by atoms with Gasteiger partial charge in [-0.25, -0.2) is 4.68 Å². The highest BCUT2D eigenvalue weighted by atomic mass is 15.4. The summed E-state index contributed by atoms with van der Waals surface area (Å²) in [5.74, 6) is 0. The van der Waals surface area contributed by atoms with Crippen LogP contribution < -0.4 is 5.73 Å². The van der Waals surface area contributed by atoms with E-state index in [0.29, 0.717) is 6.54 Å². The Bertz CT molecular complexity index is 726. The number of hydrogen-bond donors (Lipinski definition) is 1. The zero-order valence-electron chi connectivity index (χ0n) is 11.7. The van der Waals surface area contributed by atoms with Crippen molar-refractivity contribution in [3.05, 3.63) is 41.9 Å². The fourth-order valence-electron chi connectivity index (χ4n) is 2.33. The van der Waals surface area contributed by atoms with Crippen molar-refractivity contribution in [2.45, 2.75) is 25.9 Å². The van der Waals surface area contributed by atoms with Crippen LogP contribution in [-0.4, -0.2) is 24.8 Å². The summed E-state index contributed by atoms with van der Waals surface area (Å²) >= 11 is 0. The number of aromatic nitrogens is 5. The zero-order valence-corrected chi connectivity index (χ0v) is 11.7. The van der Waals surface area contributed by atoms with Crippen LogP contribution in [0.25, 0.3) is 10.9 Å². The van der Waals surface area contributed by atoms with Crippen molar-refractivity contribution in [3.8, 4) is 0 Å². The molecule has 104 valence electrons. The van der Waals surface area contributed by atoms with Crippen LogP contribution in [0, 0.1) is 0 Å². The van der Waals surface area contributed by atoms with E-state index in [4.69, 9.17) is 5.73 Å². The minimum absolute atomic E-state index is 0.0516. The molecule has 0 saturated carbocycles. The van der Waals surface area contributed by atoms with Gasteiger partial charge in [-0.15, -0.1) is 5.10 Å². The van der Waals surface area contributed by atoms with Gasteiger partial charge in [0.2, 0.25) is 0 Å². The van der Waals surface area contributed by atoms with Crippen LogP contribution >= 0.6 is 0 Å². The minimum atomic E-state index is -0.0516. The van der Waals surface area contributed by atoms with Gasteiger partial charge in [-0.2, -0.15) is 5.10 Å². The Morgan fingerprint density at radius 1 is 1.30 bits per heavy atom. The molecule has 2 aromatic heterocycles. The van der Waals surface area contributed by atoms with Crippen LogP contribution in [0.3, 0.4) is 0 Å². The molecule has 0 spiro atoms. The lowest BCUT2D eigenvalue weighted by Gasteiger charge is -2.01. The molecule has 20 heavy (non-hydrogen) atoms. The molecular formula is C14H18N6. The molecule has 2 heterocycles. The first-order valence-electron chi connectivity index (χ1n) is 6.75. The van der Waals surface area contributed by atoms with Gasteiger partial charge in [0.05, 0.1) is 35.7 Å². The second-order valence-corrected chi connectivity index (χ2v) is 4.94. The van der Waals surface area contributed by atoms with Gasteiger partial charge < -0.3 is 5.73 Å². The van der Waals surface area contributed by atoms with Gasteiger partial charge in [0, 0.05) is 12.4 Å². The molecule has 6 heteroatoms. The van der Waals surface area contributed by atoms with Crippen LogP contribution in [0.4, 0.5) is 0 Å². The fourth-order valence-corrected chi connectivity index (χ4v) is 2.33. The summed E-state index contributed by atoms with van der Waals surface area (Å²) in [5, 5.41) is 14.0. The molecule has 1 unspecified atom stereocenters. The lowest BCUT2D eigenvalue weighted by Crippen LogP contribution is -2.08. The quantitative estimate of drug-likeness (QED) is 0.781. The van der Waals surface area contributed by atoms with Crippen LogP contribution in [0.15, 0.2) is 30.5 Å². The molecule has 6 nitrogen and oxygen atoms in total. The first kappa shape index (κ1) is 12.8. The highest BCUT2D eigenvalue weighted by Crippen LogP contribution is 2.18. The van der Waals surface area contributed by atoms with Crippen LogP contribution in [0.1, 0.15) is 30.8 Å². The summed E-state index contributed by atoms with van der Waals surface area (Å²) in [6.45, 7) is 2.64. The van der Waals surface area contributed by atoms with E-state index in [0.717, 1.165) is 28.7 Å². The highest BCUT2D eigenvalue weighted by Gasteiger charge is 2.12. The van der Waals surface area contributed by atoms with E-state index < -0.39 is 0 Å². The molecule has 0 aliphatic heterocycles. The standard InChI is InChI=1S/C14H18N6/c1-3-11(15)13-9-20(18-16-13)8-12-10-6-4-5-7-14(10)19(2)17-12/h4-7,9,11H,3,8,15H2,1-2H3. The number of hydrogen-bond acceptors (Lipinski definition) is 4. The number of nitrogens with two attached hydrogens (primary N) is 1. The average Bonchev–Trinajstić information content (AvgIpc) is 3.05. The molecule has 0 fully saturated rings. The summed E-state index contributed by atoms with van der Waals surface area (Å²) in [6.07, 6.45) is 2.75. The maximum atomic E-state index is 5.96. The molecule has 3 rings (SSSR count). The summed E-state index contributed by atoms with van der Waals surface area (Å²) < 4.78 is 3.68. The van der Waals surface area contributed by atoms with E-state index in [9.17, 15) is 0 Å². The molecule has 2 N–H and O–H groups in total. The molecule has 0 aliphatic rings. The molecular weight excluding hydrogens is 252 g/mol. The Balaban J connectivity index is 1.91. The molecule has 0 amide bonds. The molecule has 0 saturated heterocycles. The lowest BCUT2D eigenvalue weighted by molar-refractivity contribution is 0.626. The van der Waals surface area contributed by atoms with Crippen molar-refractivity contribution in [1.29, 1.82) is 0 Å². The fraction of sp³-hybridized carbons (Fsp3) is 0.357. The number of benzene rings is 1. The summed E-state index contributed by atoms with van der Waals surface area (Å²) in [5.41, 5.74) is 8.90. The predicted molar refractivity (Wildman–Crippen MR) is 77.1 cm³/mol. The molecule has 0 aliphatic carbocycles. The van der Waals surface area contributed by atoms with Gasteiger partial charge in [-0.1, -0.05) is 30.3 Å². The Morgan fingerprint density at radius 3 is 2.90 bits per heavy atom. The van der Waals surface area contributed by atoms with E-state index >= 15 is 0 Å². The van der Waals surface area contributed by atoms with E-state index in [1.807, 2.05) is 37.0 Å². The number of para-hydroxylation sites is 1. The monoisotopic (exact) mass is 270 g/mol. The normalized spacial score (nSPS) is 12.9. The molecule has 3 aromatic rings. The van der Waals surface area contributed by atoms with E-state index in [1.165, 1.54) is 0 Å². The first-order chi connectivity index (χ1) is 9.69. The van der Waals surface area contributed by atoms with Crippen molar-refractivity contribution >= 4 is 10.9 Å². The van der Waals surface area contributed by atoms with Gasteiger partial charge in [0.25, 0.3) is 0 Å². The minimum Gasteiger partial charge on any atom is -0.323 e. The predicted octanol–water partition coefficient (Wildman–Crippen LogP) is 1.62. The Kier molecular flexibility index (Phi) is 3.23. The van der Waals surface area contributed by atoms with Crippen molar-refractivity contribution in [2.75, 3.05) is 0 Å². The van der Waals surface area contributed by atoms with E-state index in [2.05, 4.69) is 27.5 Å². The first-order valence-corrected chi connectivity index (χ1v) is 6.75. The van der Waals surface area contributed by atoms with E-state index in [-0.39, 0.29) is 6.04 Å². The molecule has 0 radical (unpaired) electrons. The molecule has 0 bridgehead atoms.